The van der Waals surface area contributed by atoms with Crippen LogP contribution in [-0.4, -0.2) is 11.9 Å². The van der Waals surface area contributed by atoms with Crippen molar-refractivity contribution in [1.82, 2.24) is 0 Å². The zero-order chi connectivity index (χ0) is 14.4. The lowest BCUT2D eigenvalue weighted by molar-refractivity contribution is 0.0878. The molecule has 0 aliphatic carbocycles. The molecule has 0 N–H and O–H groups in total. The molecule has 2 nitrogen and oxygen atoms in total. The molecule has 0 fully saturated rings. The van der Waals surface area contributed by atoms with Gasteiger partial charge in [0.1, 0.15) is 5.75 Å². The quantitative estimate of drug-likeness (QED) is 0.789. The molecule has 104 valence electrons. The van der Waals surface area contributed by atoms with Crippen molar-refractivity contribution in [2.75, 3.05) is 0 Å². The number of carbonyl (C=O) groups is 1. The second kappa shape index (κ2) is 4.36. The molecule has 1 atom stereocenters. The maximum absolute atomic E-state index is 12.0. The van der Waals surface area contributed by atoms with Crippen LogP contribution in [-0.2, 0) is 5.41 Å². The summed E-state index contributed by atoms with van der Waals surface area (Å²) in [5.74, 6) is 0.830. The first-order valence-electron chi connectivity index (χ1n) is 6.96. The van der Waals surface area contributed by atoms with E-state index in [0.717, 1.165) is 17.7 Å². The second-order valence-electron chi connectivity index (χ2n) is 7.46. The van der Waals surface area contributed by atoms with Crippen LogP contribution in [0, 0.1) is 5.41 Å². The van der Waals surface area contributed by atoms with Gasteiger partial charge in [-0.05, 0) is 41.9 Å². The van der Waals surface area contributed by atoms with Crippen LogP contribution in [0.1, 0.15) is 63.9 Å². The highest BCUT2D eigenvalue weighted by molar-refractivity contribution is 6.04. The van der Waals surface area contributed by atoms with E-state index in [1.807, 2.05) is 19.1 Å². The van der Waals surface area contributed by atoms with Crippen molar-refractivity contribution in [3.05, 3.63) is 29.3 Å². The van der Waals surface area contributed by atoms with Crippen LogP contribution in [0.15, 0.2) is 18.2 Å². The molecule has 2 heteroatoms. The molecule has 0 saturated heterocycles. The molecule has 2 rings (SSSR count). The minimum absolute atomic E-state index is 0.0549. The largest absolute Gasteiger partial charge is 0.482 e. The van der Waals surface area contributed by atoms with Gasteiger partial charge in [0.25, 0.3) is 0 Å². The van der Waals surface area contributed by atoms with Crippen LogP contribution >= 0.6 is 0 Å². The third kappa shape index (κ3) is 2.83. The highest BCUT2D eigenvalue weighted by Crippen LogP contribution is 2.39. The van der Waals surface area contributed by atoms with E-state index < -0.39 is 0 Å². The number of hydrogen-bond donors (Lipinski definition) is 0. The summed E-state index contributed by atoms with van der Waals surface area (Å²) in [4.78, 5) is 12.0. The van der Waals surface area contributed by atoms with Crippen molar-refractivity contribution in [1.29, 1.82) is 0 Å². The highest BCUT2D eigenvalue weighted by atomic mass is 16.5. The Morgan fingerprint density at radius 3 is 2.37 bits per heavy atom. The van der Waals surface area contributed by atoms with Gasteiger partial charge in [-0.1, -0.05) is 40.7 Å². The van der Waals surface area contributed by atoms with Crippen molar-refractivity contribution in [3.8, 4) is 5.75 Å². The first-order valence-corrected chi connectivity index (χ1v) is 6.96. The molecule has 1 heterocycles. The zero-order valence-electron chi connectivity index (χ0n) is 12.8. The number of fused-ring (bicyclic) bond motifs is 1. The molecular formula is C17H24O2. The van der Waals surface area contributed by atoms with E-state index in [-0.39, 0.29) is 22.7 Å². The Hall–Kier alpha value is -1.31. The van der Waals surface area contributed by atoms with Crippen LogP contribution in [0.5, 0.6) is 5.75 Å². The summed E-state index contributed by atoms with van der Waals surface area (Å²) in [6, 6.07) is 6.05. The summed E-state index contributed by atoms with van der Waals surface area (Å²) >= 11 is 0. The Morgan fingerprint density at radius 1 is 1.16 bits per heavy atom. The van der Waals surface area contributed by atoms with Crippen LogP contribution in [0.4, 0.5) is 0 Å². The fourth-order valence-corrected chi connectivity index (χ4v) is 3.14. The molecule has 1 aliphatic rings. The topological polar surface area (TPSA) is 26.3 Å². The van der Waals surface area contributed by atoms with Crippen molar-refractivity contribution in [2.45, 2.75) is 59.5 Å². The van der Waals surface area contributed by atoms with Crippen molar-refractivity contribution >= 4 is 5.78 Å². The summed E-state index contributed by atoms with van der Waals surface area (Å²) in [7, 11) is 0. The van der Waals surface area contributed by atoms with Crippen molar-refractivity contribution in [2.24, 2.45) is 5.41 Å². The third-order valence-electron chi connectivity index (χ3n) is 3.67. The second-order valence-corrected chi connectivity index (χ2v) is 7.46. The zero-order valence-corrected chi connectivity index (χ0v) is 12.8. The van der Waals surface area contributed by atoms with Gasteiger partial charge in [0.05, 0.1) is 5.56 Å². The minimum atomic E-state index is -0.337. The van der Waals surface area contributed by atoms with E-state index in [4.69, 9.17) is 4.74 Å². The summed E-state index contributed by atoms with van der Waals surface area (Å²) < 4.78 is 5.54. The average molecular weight is 260 g/mol. The molecule has 0 bridgehead atoms. The fraction of sp³-hybridized carbons (Fsp3) is 0.588. The van der Waals surface area contributed by atoms with Gasteiger partial charge >= 0.3 is 0 Å². The lowest BCUT2D eigenvalue weighted by atomic mass is 9.72. The van der Waals surface area contributed by atoms with Gasteiger partial charge in [0.15, 0.2) is 6.10 Å². The molecule has 0 spiro atoms. The van der Waals surface area contributed by atoms with E-state index in [2.05, 4.69) is 40.7 Å². The van der Waals surface area contributed by atoms with E-state index >= 15 is 0 Å². The molecule has 19 heavy (non-hydrogen) atoms. The maximum Gasteiger partial charge on any atom is 0.206 e. The highest BCUT2D eigenvalue weighted by Gasteiger charge is 2.32. The smallest absolute Gasteiger partial charge is 0.206 e. The lowest BCUT2D eigenvalue weighted by Crippen LogP contribution is -2.25. The average Bonchev–Trinajstić information content (AvgIpc) is 2.51. The number of hydrogen-bond acceptors (Lipinski definition) is 2. The van der Waals surface area contributed by atoms with Gasteiger partial charge < -0.3 is 4.74 Å². The predicted octanol–water partition coefficient (Wildman–Crippen LogP) is 4.36. The van der Waals surface area contributed by atoms with Gasteiger partial charge in [-0.25, -0.2) is 0 Å². The van der Waals surface area contributed by atoms with Crippen molar-refractivity contribution in [3.63, 3.8) is 0 Å². The lowest BCUT2D eigenvalue weighted by Gasteiger charge is -2.33. The van der Waals surface area contributed by atoms with Gasteiger partial charge in [0.2, 0.25) is 5.78 Å². The number of rotatable bonds is 2. The van der Waals surface area contributed by atoms with E-state index in [1.165, 1.54) is 5.56 Å². The number of ketones is 1. The predicted molar refractivity (Wildman–Crippen MR) is 78.0 cm³/mol. The van der Waals surface area contributed by atoms with E-state index in [9.17, 15) is 4.79 Å². The van der Waals surface area contributed by atoms with Crippen LogP contribution in [0.2, 0.25) is 0 Å². The Kier molecular flexibility index (Phi) is 3.24. The van der Waals surface area contributed by atoms with Gasteiger partial charge in [-0.15, -0.1) is 0 Å². The van der Waals surface area contributed by atoms with Crippen molar-refractivity contribution < 1.29 is 9.53 Å². The van der Waals surface area contributed by atoms with E-state index in [0.29, 0.717) is 0 Å². The molecule has 1 aromatic carbocycles. The fourth-order valence-electron chi connectivity index (χ4n) is 3.14. The number of carbonyl (C=O) groups excluding carboxylic acids is 1. The Labute approximate surface area is 116 Å². The Balaban J connectivity index is 2.36. The van der Waals surface area contributed by atoms with Crippen LogP contribution < -0.4 is 4.74 Å². The Bertz CT molecular complexity index is 506. The molecular weight excluding hydrogens is 236 g/mol. The minimum Gasteiger partial charge on any atom is -0.482 e. The summed E-state index contributed by atoms with van der Waals surface area (Å²) in [6.07, 6.45) is 0.736. The first-order chi connectivity index (χ1) is 8.60. The monoisotopic (exact) mass is 260 g/mol. The van der Waals surface area contributed by atoms with Gasteiger partial charge in [-0.3, -0.25) is 4.79 Å². The number of ether oxygens (including phenoxy) is 1. The Morgan fingerprint density at radius 2 is 1.79 bits per heavy atom. The molecule has 0 aromatic heterocycles. The molecule has 1 aliphatic heterocycles. The summed E-state index contributed by atoms with van der Waals surface area (Å²) in [5, 5.41) is 0. The molecule has 0 saturated carbocycles. The molecule has 1 unspecified atom stereocenters. The maximum atomic E-state index is 12.0. The van der Waals surface area contributed by atoms with Gasteiger partial charge in [-0.2, -0.15) is 0 Å². The van der Waals surface area contributed by atoms with E-state index in [1.54, 1.807) is 0 Å². The summed E-state index contributed by atoms with van der Waals surface area (Å²) in [6.45, 7) is 13.0. The normalized spacial score (nSPS) is 19.3. The van der Waals surface area contributed by atoms with Gasteiger partial charge in [0, 0.05) is 0 Å². The molecule has 1 aromatic rings. The molecule has 0 amide bonds. The number of benzene rings is 1. The first kappa shape index (κ1) is 14.1. The van der Waals surface area contributed by atoms with Crippen LogP contribution in [0.25, 0.3) is 0 Å². The number of Topliss-reactive ketones (excluding diaryl/α,β-unsaturated/α-hetero) is 1. The SMILES string of the molecule is CC1Oc2ccc(C(C)(C)CC(C)(C)C)cc2C1=O. The third-order valence-corrected chi connectivity index (χ3v) is 3.67. The summed E-state index contributed by atoms with van der Waals surface area (Å²) in [5.41, 5.74) is 2.27. The standard InChI is InChI=1S/C17H24O2/c1-11-15(18)13-9-12(7-8-14(13)19-11)17(5,6)10-16(2,3)4/h7-9,11H,10H2,1-6H3. The van der Waals surface area contributed by atoms with Crippen LogP contribution in [0.3, 0.4) is 0 Å². The molecule has 0 radical (unpaired) electrons.